The maximum absolute atomic E-state index is 5.26. The first-order valence-electron chi connectivity index (χ1n) is 9.04. The van der Waals surface area contributed by atoms with Gasteiger partial charge in [-0.3, -0.25) is 4.57 Å². The second kappa shape index (κ2) is 9.14. The predicted molar refractivity (Wildman–Crippen MR) is 106 cm³/mol. The summed E-state index contributed by atoms with van der Waals surface area (Å²) in [6, 6.07) is 10.1. The molecule has 0 aliphatic heterocycles. The zero-order valence-electron chi connectivity index (χ0n) is 16.1. The van der Waals surface area contributed by atoms with E-state index in [2.05, 4.69) is 44.3 Å². The van der Waals surface area contributed by atoms with E-state index in [1.807, 2.05) is 35.9 Å². The van der Waals surface area contributed by atoms with E-state index in [1.165, 1.54) is 5.56 Å². The lowest BCUT2D eigenvalue weighted by Crippen LogP contribution is -2.25. The minimum Gasteiger partial charge on any atom is -0.497 e. The van der Waals surface area contributed by atoms with Gasteiger partial charge >= 0.3 is 0 Å². The highest BCUT2D eigenvalue weighted by atomic mass is 16.5. The molecule has 0 fully saturated rings. The number of nitrogens with one attached hydrogen (secondary N) is 1. The lowest BCUT2D eigenvalue weighted by Gasteiger charge is -2.19. The maximum atomic E-state index is 5.26. The van der Waals surface area contributed by atoms with E-state index in [0.717, 1.165) is 43.3 Å². The van der Waals surface area contributed by atoms with Crippen molar-refractivity contribution >= 4 is 5.82 Å². The average Bonchev–Trinajstić information content (AvgIpc) is 3.22. The molecule has 0 saturated carbocycles. The second-order valence-corrected chi connectivity index (χ2v) is 6.44. The van der Waals surface area contributed by atoms with Gasteiger partial charge in [-0.25, -0.2) is 9.97 Å². The van der Waals surface area contributed by atoms with Crippen molar-refractivity contribution in [3.05, 3.63) is 60.3 Å². The van der Waals surface area contributed by atoms with Crippen molar-refractivity contribution in [3.63, 3.8) is 0 Å². The molecule has 1 N–H and O–H groups in total. The number of aromatic nitrogens is 4. The molecular weight excluding hydrogens is 340 g/mol. The van der Waals surface area contributed by atoms with Crippen molar-refractivity contribution in [1.29, 1.82) is 0 Å². The van der Waals surface area contributed by atoms with E-state index in [4.69, 9.17) is 4.74 Å². The van der Waals surface area contributed by atoms with Gasteiger partial charge in [0.05, 0.1) is 7.11 Å². The molecule has 7 heteroatoms. The number of imidazole rings is 1. The minimum absolute atomic E-state index is 0.644. The van der Waals surface area contributed by atoms with Gasteiger partial charge in [0.2, 0.25) is 5.95 Å². The maximum Gasteiger partial charge on any atom is 0.237 e. The molecule has 27 heavy (non-hydrogen) atoms. The summed E-state index contributed by atoms with van der Waals surface area (Å²) in [4.78, 5) is 15.3. The zero-order valence-corrected chi connectivity index (χ0v) is 16.1. The van der Waals surface area contributed by atoms with Gasteiger partial charge in [-0.1, -0.05) is 12.1 Å². The SMILES string of the molecule is COc1cccc(CNCCCN(C)c2cc(C)nc(-n3ccnc3)n2)c1. The molecule has 0 aliphatic carbocycles. The van der Waals surface area contributed by atoms with Gasteiger partial charge in [-0.05, 0) is 37.6 Å². The molecule has 0 saturated heterocycles. The van der Waals surface area contributed by atoms with E-state index < -0.39 is 0 Å². The van der Waals surface area contributed by atoms with Crippen molar-refractivity contribution in [2.24, 2.45) is 0 Å². The third-order valence-electron chi connectivity index (χ3n) is 4.27. The van der Waals surface area contributed by atoms with Crippen LogP contribution in [0, 0.1) is 6.92 Å². The Balaban J connectivity index is 1.48. The van der Waals surface area contributed by atoms with Gasteiger partial charge in [0, 0.05) is 44.3 Å². The van der Waals surface area contributed by atoms with Crippen LogP contribution in [0.5, 0.6) is 5.75 Å². The number of aryl methyl sites for hydroxylation is 1. The molecule has 7 nitrogen and oxygen atoms in total. The Morgan fingerprint density at radius 2 is 2.11 bits per heavy atom. The van der Waals surface area contributed by atoms with Crippen LogP contribution in [0.2, 0.25) is 0 Å². The lowest BCUT2D eigenvalue weighted by molar-refractivity contribution is 0.414. The van der Waals surface area contributed by atoms with Crippen LogP contribution in [0.1, 0.15) is 17.7 Å². The van der Waals surface area contributed by atoms with Crippen molar-refractivity contribution in [2.45, 2.75) is 19.9 Å². The number of ether oxygens (including phenoxy) is 1. The highest BCUT2D eigenvalue weighted by Gasteiger charge is 2.08. The topological polar surface area (TPSA) is 68.1 Å². The third-order valence-corrected chi connectivity index (χ3v) is 4.27. The van der Waals surface area contributed by atoms with Crippen LogP contribution in [0.3, 0.4) is 0 Å². The highest BCUT2D eigenvalue weighted by Crippen LogP contribution is 2.14. The average molecular weight is 366 g/mol. The molecule has 2 aromatic heterocycles. The molecule has 0 unspecified atom stereocenters. The largest absolute Gasteiger partial charge is 0.497 e. The Morgan fingerprint density at radius 3 is 2.89 bits per heavy atom. The van der Waals surface area contributed by atoms with Gasteiger partial charge in [0.25, 0.3) is 0 Å². The number of anilines is 1. The van der Waals surface area contributed by atoms with E-state index in [9.17, 15) is 0 Å². The van der Waals surface area contributed by atoms with Gasteiger partial charge in [0.15, 0.2) is 0 Å². The Hall–Kier alpha value is -2.93. The normalized spacial score (nSPS) is 10.8. The molecular formula is C20H26N6O. The van der Waals surface area contributed by atoms with E-state index >= 15 is 0 Å². The van der Waals surface area contributed by atoms with E-state index in [0.29, 0.717) is 5.95 Å². The fourth-order valence-electron chi connectivity index (χ4n) is 2.80. The van der Waals surface area contributed by atoms with Crippen LogP contribution in [0.25, 0.3) is 5.95 Å². The number of hydrogen-bond acceptors (Lipinski definition) is 6. The number of hydrogen-bond donors (Lipinski definition) is 1. The standard InChI is InChI=1S/C20H26N6O/c1-16-12-19(24-20(23-16)26-11-9-22-15-26)25(2)10-5-8-21-14-17-6-4-7-18(13-17)27-3/h4,6-7,9,11-13,15,21H,5,8,10,14H2,1-3H3. The minimum atomic E-state index is 0.644. The van der Waals surface area contributed by atoms with E-state index in [-0.39, 0.29) is 0 Å². The van der Waals surface area contributed by atoms with Crippen LogP contribution in [-0.4, -0.2) is 46.8 Å². The van der Waals surface area contributed by atoms with Crippen LogP contribution in [-0.2, 0) is 6.54 Å². The number of methoxy groups -OCH3 is 1. The van der Waals surface area contributed by atoms with Crippen LogP contribution in [0.15, 0.2) is 49.1 Å². The lowest BCUT2D eigenvalue weighted by atomic mass is 10.2. The van der Waals surface area contributed by atoms with Crippen LogP contribution in [0.4, 0.5) is 5.82 Å². The first kappa shape index (κ1) is 18.8. The molecule has 0 atom stereocenters. The molecule has 142 valence electrons. The van der Waals surface area contributed by atoms with Crippen molar-refractivity contribution in [1.82, 2.24) is 24.8 Å². The van der Waals surface area contributed by atoms with Gasteiger partial charge in [-0.15, -0.1) is 0 Å². The predicted octanol–water partition coefficient (Wildman–Crippen LogP) is 2.60. The van der Waals surface area contributed by atoms with Crippen molar-refractivity contribution in [2.75, 3.05) is 32.1 Å². The number of rotatable bonds is 9. The summed E-state index contributed by atoms with van der Waals surface area (Å²) in [7, 11) is 3.75. The Labute approximate surface area is 160 Å². The Kier molecular flexibility index (Phi) is 6.38. The molecule has 1 aromatic carbocycles. The molecule has 0 aliphatic rings. The van der Waals surface area contributed by atoms with Crippen LogP contribution < -0.4 is 15.0 Å². The summed E-state index contributed by atoms with van der Waals surface area (Å²) < 4.78 is 7.08. The Bertz CT molecular complexity index is 849. The Morgan fingerprint density at radius 1 is 1.22 bits per heavy atom. The molecule has 0 spiro atoms. The second-order valence-electron chi connectivity index (χ2n) is 6.44. The molecule has 2 heterocycles. The molecule has 0 amide bonds. The summed E-state index contributed by atoms with van der Waals surface area (Å²) >= 11 is 0. The summed E-state index contributed by atoms with van der Waals surface area (Å²) in [6.07, 6.45) is 6.30. The number of nitrogens with zero attached hydrogens (tertiary/aromatic N) is 5. The molecule has 0 bridgehead atoms. The van der Waals surface area contributed by atoms with Gasteiger partial charge < -0.3 is 15.0 Å². The van der Waals surface area contributed by atoms with Crippen molar-refractivity contribution < 1.29 is 4.74 Å². The fourth-order valence-corrected chi connectivity index (χ4v) is 2.80. The molecule has 3 rings (SSSR count). The summed E-state index contributed by atoms with van der Waals surface area (Å²) in [6.45, 7) is 4.65. The monoisotopic (exact) mass is 366 g/mol. The summed E-state index contributed by atoms with van der Waals surface area (Å²) in [5, 5.41) is 3.48. The smallest absolute Gasteiger partial charge is 0.237 e. The van der Waals surface area contributed by atoms with Gasteiger partial charge in [-0.2, -0.15) is 4.98 Å². The molecule has 0 radical (unpaired) electrons. The fraction of sp³-hybridized carbons (Fsp3) is 0.350. The van der Waals surface area contributed by atoms with Crippen molar-refractivity contribution in [3.8, 4) is 11.7 Å². The highest BCUT2D eigenvalue weighted by molar-refractivity contribution is 5.41. The quantitative estimate of drug-likeness (QED) is 0.587. The summed E-state index contributed by atoms with van der Waals surface area (Å²) in [5.74, 6) is 2.45. The van der Waals surface area contributed by atoms with Crippen LogP contribution >= 0.6 is 0 Å². The van der Waals surface area contributed by atoms with E-state index in [1.54, 1.807) is 19.6 Å². The third kappa shape index (κ3) is 5.27. The zero-order chi connectivity index (χ0) is 19.1. The van der Waals surface area contributed by atoms with Gasteiger partial charge in [0.1, 0.15) is 17.9 Å². The number of benzene rings is 1. The summed E-state index contributed by atoms with van der Waals surface area (Å²) in [5.41, 5.74) is 2.16. The first-order chi connectivity index (χ1) is 13.2. The molecule has 3 aromatic rings. The first-order valence-corrected chi connectivity index (χ1v) is 9.04.